The fourth-order valence-electron chi connectivity index (χ4n) is 1.65. The SMILES string of the molecule is CCCc1cc(=O)[nH]c(Sc2cc(Cl)c(Cl)cc2N)n1. The molecule has 0 spiro atoms. The van der Waals surface area contributed by atoms with Gasteiger partial charge in [0.2, 0.25) is 0 Å². The zero-order valence-electron chi connectivity index (χ0n) is 10.7. The van der Waals surface area contributed by atoms with E-state index in [9.17, 15) is 4.79 Å². The summed E-state index contributed by atoms with van der Waals surface area (Å²) in [5.41, 5.74) is 6.97. The van der Waals surface area contributed by atoms with Crippen LogP contribution >= 0.6 is 35.0 Å². The molecule has 2 aromatic rings. The maximum Gasteiger partial charge on any atom is 0.251 e. The van der Waals surface area contributed by atoms with E-state index >= 15 is 0 Å². The van der Waals surface area contributed by atoms with Gasteiger partial charge in [-0.3, -0.25) is 4.79 Å². The summed E-state index contributed by atoms with van der Waals surface area (Å²) in [6.07, 6.45) is 1.68. The lowest BCUT2D eigenvalue weighted by Gasteiger charge is -2.07. The first-order valence-corrected chi connectivity index (χ1v) is 7.59. The van der Waals surface area contributed by atoms with E-state index < -0.39 is 0 Å². The quantitative estimate of drug-likeness (QED) is 0.661. The Morgan fingerprint density at radius 2 is 2.00 bits per heavy atom. The highest BCUT2D eigenvalue weighted by Crippen LogP contribution is 2.35. The average molecular weight is 330 g/mol. The molecule has 0 fully saturated rings. The van der Waals surface area contributed by atoms with E-state index in [1.54, 1.807) is 12.1 Å². The third-order valence-electron chi connectivity index (χ3n) is 2.54. The Morgan fingerprint density at radius 3 is 2.70 bits per heavy atom. The van der Waals surface area contributed by atoms with Crippen LogP contribution in [0.25, 0.3) is 0 Å². The number of nitrogens with two attached hydrogens (primary N) is 1. The third-order valence-corrected chi connectivity index (χ3v) is 4.22. The number of nitrogen functional groups attached to an aromatic ring is 1. The number of aromatic nitrogens is 2. The zero-order chi connectivity index (χ0) is 14.7. The van der Waals surface area contributed by atoms with Crippen molar-refractivity contribution in [2.75, 3.05) is 5.73 Å². The number of nitrogens with one attached hydrogen (secondary N) is 1. The van der Waals surface area contributed by atoms with E-state index in [0.29, 0.717) is 25.8 Å². The van der Waals surface area contributed by atoms with Crippen molar-refractivity contribution < 1.29 is 0 Å². The number of anilines is 1. The number of rotatable bonds is 4. The molecule has 4 nitrogen and oxygen atoms in total. The first-order valence-electron chi connectivity index (χ1n) is 6.02. The maximum absolute atomic E-state index is 11.6. The largest absolute Gasteiger partial charge is 0.398 e. The van der Waals surface area contributed by atoms with E-state index in [-0.39, 0.29) is 5.56 Å². The van der Waals surface area contributed by atoms with Crippen molar-refractivity contribution in [1.82, 2.24) is 9.97 Å². The number of halogens is 2. The summed E-state index contributed by atoms with van der Waals surface area (Å²) in [6.45, 7) is 2.03. The number of hydrogen-bond donors (Lipinski definition) is 2. The van der Waals surface area contributed by atoms with Gasteiger partial charge in [-0.2, -0.15) is 0 Å². The molecule has 0 aliphatic carbocycles. The minimum Gasteiger partial charge on any atom is -0.398 e. The molecular weight excluding hydrogens is 317 g/mol. The summed E-state index contributed by atoms with van der Waals surface area (Å²) >= 11 is 13.1. The molecule has 0 aliphatic rings. The maximum atomic E-state index is 11.6. The van der Waals surface area contributed by atoms with Gasteiger partial charge in [0, 0.05) is 22.3 Å². The van der Waals surface area contributed by atoms with Crippen molar-refractivity contribution in [3.63, 3.8) is 0 Å². The smallest absolute Gasteiger partial charge is 0.251 e. The fraction of sp³-hybridized carbons (Fsp3) is 0.231. The second-order valence-corrected chi connectivity index (χ2v) is 6.04. The standard InChI is InChI=1S/C13H13Cl2N3OS/c1-2-3-7-4-12(19)18-13(17-7)20-11-6-9(15)8(14)5-10(11)16/h4-6H,2-3,16H2,1H3,(H,17,18,19). The molecule has 1 heterocycles. The lowest BCUT2D eigenvalue weighted by atomic mass is 10.2. The van der Waals surface area contributed by atoms with E-state index in [1.165, 1.54) is 17.8 Å². The molecule has 1 aromatic carbocycles. The van der Waals surface area contributed by atoms with Gasteiger partial charge < -0.3 is 10.7 Å². The lowest BCUT2D eigenvalue weighted by molar-refractivity contribution is 0.816. The van der Waals surface area contributed by atoms with Gasteiger partial charge in [0.05, 0.1) is 10.0 Å². The third kappa shape index (κ3) is 3.69. The molecule has 20 heavy (non-hydrogen) atoms. The van der Waals surface area contributed by atoms with Crippen LogP contribution in [0.5, 0.6) is 0 Å². The minimum atomic E-state index is -0.176. The van der Waals surface area contributed by atoms with E-state index in [0.717, 1.165) is 18.5 Å². The molecule has 0 saturated carbocycles. The molecule has 7 heteroatoms. The van der Waals surface area contributed by atoms with Gasteiger partial charge in [-0.15, -0.1) is 0 Å². The fourth-order valence-corrected chi connectivity index (χ4v) is 2.93. The van der Waals surface area contributed by atoms with Gasteiger partial charge in [0.25, 0.3) is 5.56 Å². The molecule has 3 N–H and O–H groups in total. The van der Waals surface area contributed by atoms with Crippen LogP contribution in [0.15, 0.2) is 33.0 Å². The molecule has 0 aliphatic heterocycles. The number of H-pyrrole nitrogens is 1. The normalized spacial score (nSPS) is 10.8. The van der Waals surface area contributed by atoms with Crippen LogP contribution in [0.3, 0.4) is 0 Å². The number of hydrogen-bond acceptors (Lipinski definition) is 4. The topological polar surface area (TPSA) is 71.8 Å². The van der Waals surface area contributed by atoms with Gasteiger partial charge >= 0.3 is 0 Å². The molecule has 0 amide bonds. The van der Waals surface area contributed by atoms with Crippen molar-refractivity contribution in [3.05, 3.63) is 44.3 Å². The first kappa shape index (κ1) is 15.2. The van der Waals surface area contributed by atoms with Crippen LogP contribution in [0, 0.1) is 0 Å². The van der Waals surface area contributed by atoms with E-state index in [4.69, 9.17) is 28.9 Å². The van der Waals surface area contributed by atoms with Crippen molar-refractivity contribution >= 4 is 40.7 Å². The summed E-state index contributed by atoms with van der Waals surface area (Å²) in [7, 11) is 0. The predicted molar refractivity (Wildman–Crippen MR) is 83.9 cm³/mol. The van der Waals surface area contributed by atoms with Crippen LogP contribution in [-0.4, -0.2) is 9.97 Å². The Kier molecular flexibility index (Phi) is 4.96. The van der Waals surface area contributed by atoms with Crippen LogP contribution in [0.4, 0.5) is 5.69 Å². The molecular formula is C13H13Cl2N3OS. The number of nitrogens with zero attached hydrogens (tertiary/aromatic N) is 1. The predicted octanol–water partition coefficient (Wildman–Crippen LogP) is 3.76. The number of benzene rings is 1. The van der Waals surface area contributed by atoms with Crippen LogP contribution in [-0.2, 0) is 6.42 Å². The molecule has 1 aromatic heterocycles. The van der Waals surface area contributed by atoms with E-state index in [1.807, 2.05) is 6.92 Å². The average Bonchev–Trinajstić information content (AvgIpc) is 2.35. The summed E-state index contributed by atoms with van der Waals surface area (Å²) in [4.78, 5) is 19.4. The summed E-state index contributed by atoms with van der Waals surface area (Å²) < 4.78 is 0. The Bertz CT molecular complexity index is 688. The summed E-state index contributed by atoms with van der Waals surface area (Å²) in [6, 6.07) is 4.75. The Balaban J connectivity index is 2.34. The van der Waals surface area contributed by atoms with Gasteiger partial charge in [0.1, 0.15) is 0 Å². The van der Waals surface area contributed by atoms with Crippen molar-refractivity contribution in [2.45, 2.75) is 29.8 Å². The highest BCUT2D eigenvalue weighted by molar-refractivity contribution is 7.99. The van der Waals surface area contributed by atoms with Crippen molar-refractivity contribution in [1.29, 1.82) is 0 Å². The second-order valence-electron chi connectivity index (χ2n) is 4.20. The monoisotopic (exact) mass is 329 g/mol. The molecule has 0 atom stereocenters. The van der Waals surface area contributed by atoms with E-state index in [2.05, 4.69) is 9.97 Å². The van der Waals surface area contributed by atoms with Crippen molar-refractivity contribution in [2.24, 2.45) is 0 Å². The second kappa shape index (κ2) is 6.52. The molecule has 0 radical (unpaired) electrons. The van der Waals surface area contributed by atoms with Gasteiger partial charge in [0.15, 0.2) is 5.16 Å². The molecule has 0 unspecified atom stereocenters. The summed E-state index contributed by atoms with van der Waals surface area (Å²) in [5.74, 6) is 0. The molecule has 0 saturated heterocycles. The highest BCUT2D eigenvalue weighted by Gasteiger charge is 2.09. The Hall–Kier alpha value is -1.17. The van der Waals surface area contributed by atoms with Gasteiger partial charge in [-0.25, -0.2) is 4.98 Å². The molecule has 106 valence electrons. The lowest BCUT2D eigenvalue weighted by Crippen LogP contribution is -2.09. The first-order chi connectivity index (χ1) is 9.49. The Labute approximate surface area is 130 Å². The zero-order valence-corrected chi connectivity index (χ0v) is 13.1. The molecule has 0 bridgehead atoms. The highest BCUT2D eigenvalue weighted by atomic mass is 35.5. The van der Waals surface area contributed by atoms with Gasteiger partial charge in [-0.1, -0.05) is 36.5 Å². The summed E-state index contributed by atoms with van der Waals surface area (Å²) in [5, 5.41) is 1.30. The Morgan fingerprint density at radius 1 is 1.30 bits per heavy atom. The van der Waals surface area contributed by atoms with Crippen molar-refractivity contribution in [3.8, 4) is 0 Å². The number of aromatic amines is 1. The number of aryl methyl sites for hydroxylation is 1. The van der Waals surface area contributed by atoms with Crippen LogP contribution < -0.4 is 11.3 Å². The minimum absolute atomic E-state index is 0.176. The molecule has 2 rings (SSSR count). The van der Waals surface area contributed by atoms with Crippen LogP contribution in [0.2, 0.25) is 10.0 Å². The van der Waals surface area contributed by atoms with Crippen LogP contribution in [0.1, 0.15) is 19.0 Å². The van der Waals surface area contributed by atoms with Gasteiger partial charge in [-0.05, 0) is 30.3 Å².